The van der Waals surface area contributed by atoms with Crippen LogP contribution in [0.25, 0.3) is 0 Å². The average molecular weight is 224 g/mol. The van der Waals surface area contributed by atoms with Gasteiger partial charge in [-0.2, -0.15) is 0 Å². The molecule has 0 unspecified atom stereocenters. The highest BCUT2D eigenvalue weighted by molar-refractivity contribution is 6.05. The van der Waals surface area contributed by atoms with Gasteiger partial charge in [-0.1, -0.05) is 30.9 Å². The summed E-state index contributed by atoms with van der Waals surface area (Å²) in [4.78, 5) is 4.64. The molecule has 0 aromatic heterocycles. The zero-order valence-electron chi connectivity index (χ0n) is 10.2. The molecule has 1 aliphatic heterocycles. The van der Waals surface area contributed by atoms with E-state index in [2.05, 4.69) is 29.0 Å². The Balaban J connectivity index is 2.60. The van der Waals surface area contributed by atoms with Crippen molar-refractivity contribution < 1.29 is 0 Å². The summed E-state index contributed by atoms with van der Waals surface area (Å²) in [5.74, 6) is 0. The summed E-state index contributed by atoms with van der Waals surface area (Å²) in [6.45, 7) is 7.84. The van der Waals surface area contributed by atoms with E-state index in [-0.39, 0.29) is 0 Å². The maximum atomic E-state index is 4.64. The quantitative estimate of drug-likeness (QED) is 0.809. The van der Waals surface area contributed by atoms with E-state index < -0.39 is 0 Å². The first-order valence-corrected chi connectivity index (χ1v) is 5.67. The van der Waals surface area contributed by atoms with Crippen LogP contribution >= 0.6 is 0 Å². The second kappa shape index (κ2) is 4.83. The summed E-state index contributed by atoms with van der Waals surface area (Å²) in [5, 5.41) is 3.37. The number of aliphatic imine (C=N–C) groups is 1. The highest BCUT2D eigenvalue weighted by atomic mass is 14.9. The third-order valence-electron chi connectivity index (χ3n) is 2.68. The molecule has 0 spiro atoms. The SMILES string of the molecule is C=CC1=C(/C=C\C)N=C(C)c2ccccc2N1. The van der Waals surface area contributed by atoms with E-state index >= 15 is 0 Å². The van der Waals surface area contributed by atoms with Gasteiger partial charge in [-0.3, -0.25) is 4.99 Å². The number of nitrogens with one attached hydrogen (secondary N) is 1. The van der Waals surface area contributed by atoms with Crippen molar-refractivity contribution in [3.63, 3.8) is 0 Å². The van der Waals surface area contributed by atoms with E-state index in [4.69, 9.17) is 0 Å². The maximum Gasteiger partial charge on any atom is 0.0864 e. The van der Waals surface area contributed by atoms with Gasteiger partial charge in [0.25, 0.3) is 0 Å². The molecule has 0 atom stereocenters. The Bertz CT molecular complexity index is 534. The highest BCUT2D eigenvalue weighted by Gasteiger charge is 2.12. The zero-order chi connectivity index (χ0) is 12.3. The first-order chi connectivity index (χ1) is 8.26. The summed E-state index contributed by atoms with van der Waals surface area (Å²) in [5.41, 5.74) is 5.07. The molecule has 1 aliphatic rings. The Morgan fingerprint density at radius 2 is 2.06 bits per heavy atom. The number of fused-ring (bicyclic) bond motifs is 1. The van der Waals surface area contributed by atoms with Gasteiger partial charge in [0, 0.05) is 17.0 Å². The Labute approximate surface area is 102 Å². The highest BCUT2D eigenvalue weighted by Crippen LogP contribution is 2.24. The molecule has 0 bridgehead atoms. The molecule has 0 saturated carbocycles. The summed E-state index contributed by atoms with van der Waals surface area (Å²) >= 11 is 0. The third kappa shape index (κ3) is 2.21. The number of nitrogens with zero attached hydrogens (tertiary/aromatic N) is 1. The number of hydrogen-bond donors (Lipinski definition) is 1. The second-order valence-corrected chi connectivity index (χ2v) is 3.87. The van der Waals surface area contributed by atoms with Gasteiger partial charge in [0.2, 0.25) is 0 Å². The number of hydrogen-bond acceptors (Lipinski definition) is 2. The lowest BCUT2D eigenvalue weighted by Gasteiger charge is -2.08. The summed E-state index contributed by atoms with van der Waals surface area (Å²) in [7, 11) is 0. The predicted octanol–water partition coefficient (Wildman–Crippen LogP) is 3.89. The molecule has 1 aromatic carbocycles. The maximum absolute atomic E-state index is 4.64. The van der Waals surface area contributed by atoms with Crippen molar-refractivity contribution in [3.8, 4) is 0 Å². The van der Waals surface area contributed by atoms with Gasteiger partial charge in [0.1, 0.15) is 0 Å². The van der Waals surface area contributed by atoms with Crippen LogP contribution in [0.5, 0.6) is 0 Å². The van der Waals surface area contributed by atoms with Crippen LogP contribution in [0.4, 0.5) is 5.69 Å². The van der Waals surface area contributed by atoms with Crippen LogP contribution in [-0.4, -0.2) is 5.71 Å². The first kappa shape index (κ1) is 11.4. The molecule has 2 nitrogen and oxygen atoms in total. The van der Waals surface area contributed by atoms with Crippen LogP contribution in [0.3, 0.4) is 0 Å². The standard InChI is InChI=1S/C15H16N2/c1-4-8-15-13(5-2)17-14-10-7-6-9-12(14)11(3)16-15/h4-10,17H,2H2,1,3H3/b8-4-. The van der Waals surface area contributed by atoms with Crippen molar-refractivity contribution in [2.75, 3.05) is 5.32 Å². The molecule has 17 heavy (non-hydrogen) atoms. The fourth-order valence-electron chi connectivity index (χ4n) is 1.86. The Morgan fingerprint density at radius 1 is 1.29 bits per heavy atom. The van der Waals surface area contributed by atoms with Crippen LogP contribution in [0.15, 0.2) is 65.5 Å². The van der Waals surface area contributed by atoms with Crippen molar-refractivity contribution in [1.29, 1.82) is 0 Å². The van der Waals surface area contributed by atoms with Crippen molar-refractivity contribution in [2.24, 2.45) is 4.99 Å². The molecular weight excluding hydrogens is 208 g/mol. The third-order valence-corrected chi connectivity index (χ3v) is 2.68. The fraction of sp³-hybridized carbons (Fsp3) is 0.133. The summed E-state index contributed by atoms with van der Waals surface area (Å²) in [6.07, 6.45) is 5.76. The van der Waals surface area contributed by atoms with Gasteiger partial charge in [-0.25, -0.2) is 0 Å². The predicted molar refractivity (Wildman–Crippen MR) is 74.3 cm³/mol. The van der Waals surface area contributed by atoms with Gasteiger partial charge in [0.05, 0.1) is 11.4 Å². The van der Waals surface area contributed by atoms with Crippen molar-refractivity contribution >= 4 is 11.4 Å². The largest absolute Gasteiger partial charge is 0.353 e. The van der Waals surface area contributed by atoms with Gasteiger partial charge < -0.3 is 5.32 Å². The van der Waals surface area contributed by atoms with Crippen molar-refractivity contribution in [3.05, 3.63) is 66.0 Å². The fourth-order valence-corrected chi connectivity index (χ4v) is 1.86. The Kier molecular flexibility index (Phi) is 3.24. The monoisotopic (exact) mass is 224 g/mol. The molecule has 2 heteroatoms. The van der Waals surface area contributed by atoms with E-state index in [0.29, 0.717) is 0 Å². The summed E-state index contributed by atoms with van der Waals surface area (Å²) < 4.78 is 0. The van der Waals surface area contributed by atoms with E-state index in [0.717, 1.165) is 28.4 Å². The molecular formula is C15H16N2. The lowest BCUT2D eigenvalue weighted by atomic mass is 10.1. The van der Waals surface area contributed by atoms with Crippen LogP contribution in [-0.2, 0) is 0 Å². The molecule has 1 aromatic rings. The minimum Gasteiger partial charge on any atom is -0.353 e. The average Bonchev–Trinajstić information content (AvgIpc) is 2.48. The Morgan fingerprint density at radius 3 is 2.76 bits per heavy atom. The van der Waals surface area contributed by atoms with Crippen LogP contribution in [0, 0.1) is 0 Å². The van der Waals surface area contributed by atoms with Gasteiger partial charge in [-0.15, -0.1) is 0 Å². The zero-order valence-corrected chi connectivity index (χ0v) is 10.2. The first-order valence-electron chi connectivity index (χ1n) is 5.67. The number of allylic oxidation sites excluding steroid dienone is 3. The van der Waals surface area contributed by atoms with E-state index in [1.165, 1.54) is 0 Å². The van der Waals surface area contributed by atoms with E-state index in [1.807, 2.05) is 38.1 Å². The topological polar surface area (TPSA) is 24.4 Å². The number of para-hydroxylation sites is 1. The lowest BCUT2D eigenvalue weighted by molar-refractivity contribution is 1.32. The van der Waals surface area contributed by atoms with Crippen LogP contribution < -0.4 is 5.32 Å². The second-order valence-electron chi connectivity index (χ2n) is 3.87. The van der Waals surface area contributed by atoms with E-state index in [1.54, 1.807) is 6.08 Å². The smallest absolute Gasteiger partial charge is 0.0864 e. The molecule has 0 radical (unpaired) electrons. The normalized spacial score (nSPS) is 15.1. The molecule has 0 fully saturated rings. The molecule has 2 rings (SSSR count). The number of rotatable bonds is 2. The molecule has 1 heterocycles. The van der Waals surface area contributed by atoms with Crippen molar-refractivity contribution in [2.45, 2.75) is 13.8 Å². The number of anilines is 1. The molecule has 0 saturated heterocycles. The van der Waals surface area contributed by atoms with Gasteiger partial charge >= 0.3 is 0 Å². The van der Waals surface area contributed by atoms with Crippen LogP contribution in [0.1, 0.15) is 19.4 Å². The minimum absolute atomic E-state index is 0.913. The van der Waals surface area contributed by atoms with Crippen LogP contribution in [0.2, 0.25) is 0 Å². The molecule has 86 valence electrons. The Hall–Kier alpha value is -2.09. The van der Waals surface area contributed by atoms with Gasteiger partial charge in [0.15, 0.2) is 0 Å². The molecule has 0 aliphatic carbocycles. The molecule has 0 amide bonds. The number of benzene rings is 1. The van der Waals surface area contributed by atoms with Gasteiger partial charge in [-0.05, 0) is 32.1 Å². The lowest BCUT2D eigenvalue weighted by Crippen LogP contribution is -2.00. The summed E-state index contributed by atoms with van der Waals surface area (Å²) in [6, 6.07) is 8.16. The molecule has 1 N–H and O–H groups in total. The van der Waals surface area contributed by atoms with E-state index in [9.17, 15) is 0 Å². The minimum atomic E-state index is 0.913. The van der Waals surface area contributed by atoms with Crippen molar-refractivity contribution in [1.82, 2.24) is 0 Å².